The van der Waals surface area contributed by atoms with Gasteiger partial charge in [-0.1, -0.05) is 26.3 Å². The Morgan fingerprint density at radius 1 is 0.963 bits per heavy atom. The van der Waals surface area contributed by atoms with E-state index in [2.05, 4.69) is 0 Å². The monoisotopic (exact) mass is 761 g/mol. The van der Waals surface area contributed by atoms with Crippen molar-refractivity contribution in [3.8, 4) is 11.5 Å². The maximum Gasteiger partial charge on any atom is 0.514 e. The number of hydrogen-bond donors (Lipinski definition) is 1. The number of carbonyl (C=O) groups is 5. The van der Waals surface area contributed by atoms with E-state index in [4.69, 9.17) is 37.9 Å². The minimum absolute atomic E-state index is 0.0228. The quantitative estimate of drug-likeness (QED) is 0.116. The Morgan fingerprint density at radius 2 is 1.61 bits per heavy atom. The summed E-state index contributed by atoms with van der Waals surface area (Å²) in [7, 11) is 1.91. The van der Waals surface area contributed by atoms with Crippen LogP contribution in [-0.4, -0.2) is 102 Å². The molecule has 0 spiro atoms. The van der Waals surface area contributed by atoms with Gasteiger partial charge in [-0.05, 0) is 99.5 Å². The number of benzene rings is 1. The molecule has 1 N–H and O–H groups in total. The molecule has 1 heterocycles. The molecule has 0 saturated carbocycles. The number of esters is 3. The zero-order valence-electron chi connectivity index (χ0n) is 33.2. The predicted molar refractivity (Wildman–Crippen MR) is 192 cm³/mol. The van der Waals surface area contributed by atoms with Crippen molar-refractivity contribution in [2.24, 2.45) is 0 Å². The second-order valence-corrected chi connectivity index (χ2v) is 16.1. The maximum atomic E-state index is 13.7. The fourth-order valence-electron chi connectivity index (χ4n) is 6.95. The normalized spacial score (nSPS) is 23.8. The third kappa shape index (κ3) is 9.11. The minimum atomic E-state index is -1.87. The average Bonchev–Trinajstić information content (AvgIpc) is 3.38. The van der Waals surface area contributed by atoms with Gasteiger partial charge >= 0.3 is 30.2 Å². The molecule has 54 heavy (non-hydrogen) atoms. The highest BCUT2D eigenvalue weighted by molar-refractivity contribution is 5.86. The van der Waals surface area contributed by atoms with E-state index in [9.17, 15) is 29.1 Å². The van der Waals surface area contributed by atoms with Gasteiger partial charge in [0.1, 0.15) is 17.0 Å². The molecule has 1 aromatic rings. The fraction of sp³-hybridized carbons (Fsp3) is 0.667. The molecule has 0 fully saturated rings. The third-order valence-electron chi connectivity index (χ3n) is 9.68. The Labute approximate surface area is 316 Å². The topological polar surface area (TPSA) is 183 Å². The fourth-order valence-corrected chi connectivity index (χ4v) is 6.95. The van der Waals surface area contributed by atoms with E-state index >= 15 is 0 Å². The van der Waals surface area contributed by atoms with Gasteiger partial charge in [-0.2, -0.15) is 0 Å². The lowest BCUT2D eigenvalue weighted by atomic mass is 9.54. The van der Waals surface area contributed by atoms with Crippen LogP contribution >= 0.6 is 0 Å². The summed E-state index contributed by atoms with van der Waals surface area (Å²) in [5, 5.41) is 12.6. The van der Waals surface area contributed by atoms with Crippen molar-refractivity contribution in [1.29, 1.82) is 0 Å². The van der Waals surface area contributed by atoms with Gasteiger partial charge in [-0.3, -0.25) is 4.79 Å². The van der Waals surface area contributed by atoms with Crippen LogP contribution in [-0.2, 0) is 54.6 Å². The second kappa shape index (κ2) is 16.2. The number of carbonyl (C=O) groups excluding carboxylic acids is 5. The Balaban J connectivity index is 1.64. The second-order valence-electron chi connectivity index (χ2n) is 16.1. The van der Waals surface area contributed by atoms with Crippen LogP contribution in [0.15, 0.2) is 24.0 Å². The summed E-state index contributed by atoms with van der Waals surface area (Å²) in [4.78, 5) is 66.8. The highest BCUT2D eigenvalue weighted by Gasteiger charge is 2.68. The Bertz CT molecular complexity index is 1640. The average molecular weight is 762 g/mol. The van der Waals surface area contributed by atoms with Gasteiger partial charge in [0.25, 0.3) is 0 Å². The standard InChI is InChI=1S/C39H55NO14/c1-12-14-19-47-32(42)22(3)48-33(43)26(51-35(45)54-37(7,8)9)21-28(41)49-25-17-18-39(46)27(40(11)13-2)20-23-15-16-24(50-34(44)53-36(4,5)6)30-29(23)38(39,10)31(25)52-30/h15-17,22,26-27,31,46H,12-14,18-21H2,1-11H3/t22-,26-,27+,31-,38-,39+/m0/s1. The molecule has 15 heteroatoms. The summed E-state index contributed by atoms with van der Waals surface area (Å²) >= 11 is 0. The molecular formula is C39H55NO14. The minimum Gasteiger partial charge on any atom is -0.477 e. The first-order chi connectivity index (χ1) is 25.0. The number of likely N-dealkylation sites (N-methyl/N-ethyl adjacent to an activating group) is 1. The number of nitrogens with zero attached hydrogens (tertiary/aromatic N) is 1. The zero-order valence-corrected chi connectivity index (χ0v) is 33.2. The van der Waals surface area contributed by atoms with Crippen LogP contribution in [0.2, 0.25) is 0 Å². The van der Waals surface area contributed by atoms with Crippen LogP contribution in [0.5, 0.6) is 11.5 Å². The molecule has 0 aromatic heterocycles. The van der Waals surface area contributed by atoms with Gasteiger partial charge in [-0.25, -0.2) is 19.2 Å². The number of unbranched alkanes of at least 4 members (excludes halogenated alkanes) is 1. The summed E-state index contributed by atoms with van der Waals surface area (Å²) in [6.45, 7) is 17.6. The van der Waals surface area contributed by atoms with Crippen molar-refractivity contribution in [2.75, 3.05) is 20.2 Å². The molecule has 6 atom stereocenters. The van der Waals surface area contributed by atoms with Crippen molar-refractivity contribution in [1.82, 2.24) is 4.90 Å². The van der Waals surface area contributed by atoms with Gasteiger partial charge in [0.05, 0.1) is 24.0 Å². The Hall–Kier alpha value is -4.37. The molecule has 3 aliphatic rings. The lowest BCUT2D eigenvalue weighted by molar-refractivity contribution is -0.175. The molecule has 2 aliphatic carbocycles. The number of ether oxygens (including phenoxy) is 8. The van der Waals surface area contributed by atoms with Gasteiger partial charge in [0, 0.05) is 18.0 Å². The summed E-state index contributed by atoms with van der Waals surface area (Å²) < 4.78 is 44.1. The van der Waals surface area contributed by atoms with E-state index in [0.29, 0.717) is 24.9 Å². The van der Waals surface area contributed by atoms with Crippen LogP contribution in [0.1, 0.15) is 106 Å². The van der Waals surface area contributed by atoms with Crippen LogP contribution in [0, 0.1) is 0 Å². The highest BCUT2D eigenvalue weighted by Crippen LogP contribution is 2.62. The molecule has 1 aliphatic heterocycles. The predicted octanol–water partition coefficient (Wildman–Crippen LogP) is 5.44. The van der Waals surface area contributed by atoms with Crippen molar-refractivity contribution < 1.29 is 67.0 Å². The first kappa shape index (κ1) is 42.4. The first-order valence-corrected chi connectivity index (χ1v) is 18.4. The number of hydrogen-bond acceptors (Lipinski definition) is 15. The van der Waals surface area contributed by atoms with Crippen molar-refractivity contribution in [3.05, 3.63) is 35.1 Å². The van der Waals surface area contributed by atoms with E-state index in [1.165, 1.54) is 6.92 Å². The van der Waals surface area contributed by atoms with E-state index in [1.54, 1.807) is 53.7 Å². The van der Waals surface area contributed by atoms with Gasteiger partial charge in [0.2, 0.25) is 6.10 Å². The van der Waals surface area contributed by atoms with E-state index in [0.717, 1.165) is 12.0 Å². The molecule has 1 aromatic carbocycles. The first-order valence-electron chi connectivity index (χ1n) is 18.4. The molecule has 0 unspecified atom stereocenters. The van der Waals surface area contributed by atoms with Crippen molar-refractivity contribution in [3.63, 3.8) is 0 Å². The lowest BCUT2D eigenvalue weighted by Gasteiger charge is -2.56. The lowest BCUT2D eigenvalue weighted by Crippen LogP contribution is -2.69. The summed E-state index contributed by atoms with van der Waals surface area (Å²) in [6, 6.07) is 3.05. The van der Waals surface area contributed by atoms with E-state index < -0.39 is 77.2 Å². The van der Waals surface area contributed by atoms with Gasteiger partial charge in [-0.15, -0.1) is 0 Å². The Kier molecular flexibility index (Phi) is 12.7. The highest BCUT2D eigenvalue weighted by atomic mass is 16.7. The van der Waals surface area contributed by atoms with Crippen LogP contribution in [0.3, 0.4) is 0 Å². The summed E-state index contributed by atoms with van der Waals surface area (Å²) in [5.74, 6) is -2.75. The smallest absolute Gasteiger partial charge is 0.477 e. The third-order valence-corrected chi connectivity index (χ3v) is 9.68. The van der Waals surface area contributed by atoms with Crippen LogP contribution in [0.4, 0.5) is 9.59 Å². The molecule has 0 radical (unpaired) electrons. The van der Waals surface area contributed by atoms with Crippen LogP contribution < -0.4 is 9.47 Å². The number of rotatable bonds is 13. The molecule has 0 amide bonds. The van der Waals surface area contributed by atoms with Gasteiger partial charge in [0.15, 0.2) is 23.7 Å². The van der Waals surface area contributed by atoms with Gasteiger partial charge < -0.3 is 47.9 Å². The van der Waals surface area contributed by atoms with Crippen molar-refractivity contribution >= 4 is 30.2 Å². The summed E-state index contributed by atoms with van der Waals surface area (Å²) in [6.07, 6.45) is -3.91. The summed E-state index contributed by atoms with van der Waals surface area (Å²) in [5.41, 5.74) is -3.03. The molecule has 0 saturated heterocycles. The molecule has 300 valence electrons. The molecule has 15 nitrogen and oxygen atoms in total. The molecule has 4 rings (SSSR count). The Morgan fingerprint density at radius 3 is 2.22 bits per heavy atom. The largest absolute Gasteiger partial charge is 0.514 e. The molecule has 0 bridgehead atoms. The SMILES string of the molecule is CCCCOC(=O)[C@H](C)OC(=O)[C@H](CC(=O)OC1=CC[C@@]2(O)[C@H](N(C)CC)Cc3ccc(OC(=O)OC(C)(C)C)c4c3[C@@]2(C)[C@H]1O4)OC(=O)OC(C)(C)C. The van der Waals surface area contributed by atoms with E-state index in [-0.39, 0.29) is 36.3 Å². The van der Waals surface area contributed by atoms with E-state index in [1.807, 2.05) is 38.8 Å². The maximum absolute atomic E-state index is 13.7. The van der Waals surface area contributed by atoms with Crippen molar-refractivity contribution in [2.45, 2.75) is 148 Å². The molecular weight excluding hydrogens is 706 g/mol. The van der Waals surface area contributed by atoms with Crippen LogP contribution in [0.25, 0.3) is 0 Å². The zero-order chi connectivity index (χ0) is 40.4. The number of aliphatic hydroxyl groups is 1.